The maximum Gasteiger partial charge on any atom is 0.319 e. The highest BCUT2D eigenvalue weighted by Crippen LogP contribution is 2.67. The molecule has 6 atom stereocenters. The number of hydrogen-bond donors (Lipinski definition) is 1. The van der Waals surface area contributed by atoms with Gasteiger partial charge in [0.15, 0.2) is 5.78 Å². The summed E-state index contributed by atoms with van der Waals surface area (Å²) >= 11 is 0. The van der Waals surface area contributed by atoms with Crippen LogP contribution in [0.1, 0.15) is 71.1 Å². The minimum atomic E-state index is -1.22. The van der Waals surface area contributed by atoms with Crippen LogP contribution in [-0.4, -0.2) is 35.4 Å². The second-order valence-electron chi connectivity index (χ2n) is 9.08. The van der Waals surface area contributed by atoms with Gasteiger partial charge in [-0.25, -0.2) is 0 Å². The van der Waals surface area contributed by atoms with E-state index >= 15 is 0 Å². The van der Waals surface area contributed by atoms with Gasteiger partial charge in [0.1, 0.15) is 11.2 Å². The van der Waals surface area contributed by atoms with Crippen molar-refractivity contribution < 1.29 is 24.2 Å². The third kappa shape index (κ3) is 1.93. The Balaban J connectivity index is 1.87. The van der Waals surface area contributed by atoms with Gasteiger partial charge in [0.05, 0.1) is 18.6 Å². The van der Waals surface area contributed by atoms with Crippen LogP contribution in [0.15, 0.2) is 0 Å². The third-order valence-corrected chi connectivity index (χ3v) is 8.62. The molecule has 0 amide bonds. The van der Waals surface area contributed by atoms with E-state index in [0.29, 0.717) is 25.7 Å². The first-order chi connectivity index (χ1) is 12.4. The molecule has 4 aliphatic rings. The quantitative estimate of drug-likeness (QED) is 0.603. The Morgan fingerprint density at radius 1 is 1.19 bits per heavy atom. The molecule has 4 rings (SSSR count). The van der Waals surface area contributed by atoms with Crippen molar-refractivity contribution in [3.8, 4) is 0 Å². The van der Waals surface area contributed by atoms with E-state index in [1.165, 1.54) is 7.11 Å². The van der Waals surface area contributed by atoms with Crippen molar-refractivity contribution in [2.45, 2.75) is 76.7 Å². The second kappa shape index (κ2) is 5.88. The van der Waals surface area contributed by atoms with E-state index in [9.17, 15) is 19.5 Å². The topological polar surface area (TPSA) is 80.7 Å². The predicted molar refractivity (Wildman–Crippen MR) is 94.2 cm³/mol. The van der Waals surface area contributed by atoms with Crippen molar-refractivity contribution >= 4 is 17.5 Å². The minimum Gasteiger partial charge on any atom is -0.468 e. The molecule has 144 valence electrons. The largest absolute Gasteiger partial charge is 0.468 e. The van der Waals surface area contributed by atoms with Crippen LogP contribution >= 0.6 is 0 Å². The SMILES string of the molecule is CC[C@@]12CCC[C@@]1(O)[C@@H]1C(=O)C[C@@H]3CCCC(=O)[C@]3(C(=O)OC)[C@H]1CC2. The van der Waals surface area contributed by atoms with Gasteiger partial charge in [-0.2, -0.15) is 0 Å². The van der Waals surface area contributed by atoms with Crippen LogP contribution in [0.4, 0.5) is 0 Å². The number of rotatable bonds is 2. The van der Waals surface area contributed by atoms with Crippen molar-refractivity contribution in [1.29, 1.82) is 0 Å². The fourth-order valence-corrected chi connectivity index (χ4v) is 7.49. The number of esters is 1. The molecule has 4 saturated carbocycles. The molecule has 5 heteroatoms. The van der Waals surface area contributed by atoms with Gasteiger partial charge in [0.25, 0.3) is 0 Å². The predicted octanol–water partition coefficient (Wildman–Crippen LogP) is 2.83. The molecule has 26 heavy (non-hydrogen) atoms. The van der Waals surface area contributed by atoms with Gasteiger partial charge in [-0.3, -0.25) is 14.4 Å². The molecule has 0 aliphatic heterocycles. The Labute approximate surface area is 154 Å². The van der Waals surface area contributed by atoms with E-state index in [1.807, 2.05) is 0 Å². The summed E-state index contributed by atoms with van der Waals surface area (Å²) in [6.07, 6.45) is 6.76. The Morgan fingerprint density at radius 2 is 1.96 bits per heavy atom. The lowest BCUT2D eigenvalue weighted by Gasteiger charge is -2.60. The lowest BCUT2D eigenvalue weighted by atomic mass is 9.42. The maximum atomic E-state index is 13.2. The molecule has 0 aromatic heterocycles. The van der Waals surface area contributed by atoms with Crippen molar-refractivity contribution in [3.05, 3.63) is 0 Å². The number of fused-ring (bicyclic) bond motifs is 5. The summed E-state index contributed by atoms with van der Waals surface area (Å²) in [5.41, 5.74) is -2.54. The van der Waals surface area contributed by atoms with Gasteiger partial charge in [0.2, 0.25) is 0 Å². The molecule has 0 heterocycles. The van der Waals surface area contributed by atoms with Gasteiger partial charge >= 0.3 is 5.97 Å². The van der Waals surface area contributed by atoms with Crippen molar-refractivity contribution in [2.75, 3.05) is 7.11 Å². The summed E-state index contributed by atoms with van der Waals surface area (Å²) < 4.78 is 5.15. The van der Waals surface area contributed by atoms with Crippen LogP contribution in [0, 0.1) is 28.6 Å². The molecule has 0 unspecified atom stereocenters. The number of hydrogen-bond acceptors (Lipinski definition) is 5. The summed E-state index contributed by atoms with van der Waals surface area (Å²) in [7, 11) is 1.34. The van der Waals surface area contributed by atoms with Crippen molar-refractivity contribution in [3.63, 3.8) is 0 Å². The first-order valence-electron chi connectivity index (χ1n) is 10.2. The smallest absolute Gasteiger partial charge is 0.319 e. The lowest BCUT2D eigenvalue weighted by molar-refractivity contribution is -0.210. The average molecular weight is 362 g/mol. The molecule has 0 bridgehead atoms. The standard InChI is InChI=1S/C21H30O5/c1-3-19-9-5-10-20(19,25)17-14(8-11-19)21(18(24)26-2)13(12-15(17)22)6-4-7-16(21)23/h13-14,17,25H,3-12H2,1-2H3/t13-,14-,17-,19-,20+,21+/m0/s1. The number of Topliss-reactive ketones (excluding diaryl/α,β-unsaturated/α-hetero) is 2. The molecule has 0 aromatic rings. The summed E-state index contributed by atoms with van der Waals surface area (Å²) in [6.45, 7) is 2.09. The number of ether oxygens (including phenoxy) is 1. The van der Waals surface area contributed by atoms with Gasteiger partial charge < -0.3 is 9.84 Å². The highest BCUT2D eigenvalue weighted by atomic mass is 16.5. The molecule has 0 radical (unpaired) electrons. The monoisotopic (exact) mass is 362 g/mol. The number of carbonyl (C=O) groups is 3. The Morgan fingerprint density at radius 3 is 2.65 bits per heavy atom. The maximum absolute atomic E-state index is 13.2. The first-order valence-corrected chi connectivity index (χ1v) is 10.2. The van der Waals surface area contributed by atoms with Crippen LogP contribution in [-0.2, 0) is 19.1 Å². The fraction of sp³-hybridized carbons (Fsp3) is 0.857. The Kier molecular flexibility index (Phi) is 4.11. The van der Waals surface area contributed by atoms with Gasteiger partial charge in [-0.1, -0.05) is 6.92 Å². The normalized spacial score (nSPS) is 47.7. The molecule has 0 spiro atoms. The first kappa shape index (κ1) is 18.1. The zero-order valence-electron chi connectivity index (χ0n) is 15.9. The van der Waals surface area contributed by atoms with Crippen LogP contribution in [0.25, 0.3) is 0 Å². The van der Waals surface area contributed by atoms with Gasteiger partial charge in [-0.15, -0.1) is 0 Å². The molecule has 0 saturated heterocycles. The van der Waals surface area contributed by atoms with E-state index in [-0.39, 0.29) is 29.3 Å². The summed E-state index contributed by atoms with van der Waals surface area (Å²) in [6, 6.07) is 0. The fourth-order valence-electron chi connectivity index (χ4n) is 7.49. The summed E-state index contributed by atoms with van der Waals surface area (Å²) in [5, 5.41) is 11.8. The third-order valence-electron chi connectivity index (χ3n) is 8.62. The molecule has 4 fully saturated rings. The average Bonchev–Trinajstić information content (AvgIpc) is 2.98. The summed E-state index contributed by atoms with van der Waals surface area (Å²) in [4.78, 5) is 39.4. The molecule has 4 aliphatic carbocycles. The number of aliphatic hydroxyl groups is 1. The van der Waals surface area contributed by atoms with Crippen LogP contribution in [0.3, 0.4) is 0 Å². The second-order valence-corrected chi connectivity index (χ2v) is 9.08. The van der Waals surface area contributed by atoms with E-state index in [2.05, 4.69) is 6.92 Å². The summed E-state index contributed by atoms with van der Waals surface area (Å²) in [5.74, 6) is -1.73. The number of methoxy groups -OCH3 is 1. The van der Waals surface area contributed by atoms with E-state index < -0.39 is 28.8 Å². The minimum absolute atomic E-state index is 0.0614. The van der Waals surface area contributed by atoms with Crippen molar-refractivity contribution in [1.82, 2.24) is 0 Å². The van der Waals surface area contributed by atoms with Crippen LogP contribution in [0.5, 0.6) is 0 Å². The van der Waals surface area contributed by atoms with E-state index in [0.717, 1.165) is 32.1 Å². The van der Waals surface area contributed by atoms with E-state index in [1.54, 1.807) is 0 Å². The zero-order valence-corrected chi connectivity index (χ0v) is 15.9. The van der Waals surface area contributed by atoms with Crippen LogP contribution in [0.2, 0.25) is 0 Å². The van der Waals surface area contributed by atoms with E-state index in [4.69, 9.17) is 4.74 Å². The molecule has 0 aromatic carbocycles. The number of carbonyl (C=O) groups excluding carboxylic acids is 3. The lowest BCUT2D eigenvalue weighted by Crippen LogP contribution is -2.68. The van der Waals surface area contributed by atoms with Gasteiger partial charge in [0, 0.05) is 12.8 Å². The van der Waals surface area contributed by atoms with Crippen LogP contribution < -0.4 is 0 Å². The Hall–Kier alpha value is -1.23. The highest BCUT2D eigenvalue weighted by molar-refractivity contribution is 6.07. The Bertz CT molecular complexity index is 647. The molecular formula is C21H30O5. The van der Waals surface area contributed by atoms with Crippen molar-refractivity contribution in [2.24, 2.45) is 28.6 Å². The molecule has 1 N–H and O–H groups in total. The highest BCUT2D eigenvalue weighted by Gasteiger charge is 2.72. The number of ketones is 2. The van der Waals surface area contributed by atoms with Gasteiger partial charge in [-0.05, 0) is 68.6 Å². The molecule has 5 nitrogen and oxygen atoms in total. The zero-order chi connectivity index (χ0) is 18.7. The molecular weight excluding hydrogens is 332 g/mol.